The zero-order valence-electron chi connectivity index (χ0n) is 9.37. The molecule has 0 spiro atoms. The highest BCUT2D eigenvalue weighted by Gasteiger charge is 2.32. The Kier molecular flexibility index (Phi) is 5.04. The molecule has 1 aromatic carbocycles. The Morgan fingerprint density at radius 2 is 2.00 bits per heavy atom. The van der Waals surface area contributed by atoms with E-state index in [2.05, 4.69) is 25.4 Å². The number of benzene rings is 1. The molecule has 0 saturated carbocycles. The molecule has 0 radical (unpaired) electrons. The second kappa shape index (κ2) is 5.97. The Balaban J connectivity index is 2.89. The highest BCUT2D eigenvalue weighted by molar-refractivity contribution is 9.10. The lowest BCUT2D eigenvalue weighted by atomic mass is 10.3. The summed E-state index contributed by atoms with van der Waals surface area (Å²) in [6.07, 6.45) is -4.82. The van der Waals surface area contributed by atoms with Gasteiger partial charge in [-0.05, 0) is 34.1 Å². The van der Waals surface area contributed by atoms with Crippen molar-refractivity contribution in [2.75, 3.05) is 17.0 Å². The summed E-state index contributed by atoms with van der Waals surface area (Å²) in [6, 6.07) is 3.31. The lowest BCUT2D eigenvalue weighted by Gasteiger charge is -2.12. The van der Waals surface area contributed by atoms with Crippen LogP contribution in [0.25, 0.3) is 0 Å². The summed E-state index contributed by atoms with van der Waals surface area (Å²) in [5.41, 5.74) is 5.22. The summed E-state index contributed by atoms with van der Waals surface area (Å²) in [5, 5.41) is 0. The van der Waals surface area contributed by atoms with E-state index in [-0.39, 0.29) is 22.5 Å². The van der Waals surface area contributed by atoms with Gasteiger partial charge in [-0.15, -0.1) is 13.2 Å². The monoisotopic (exact) mass is 362 g/mol. The number of rotatable bonds is 5. The average Bonchev–Trinajstić information content (AvgIpc) is 2.19. The van der Waals surface area contributed by atoms with Gasteiger partial charge in [0.05, 0.1) is 10.2 Å². The minimum absolute atomic E-state index is 0.0298. The van der Waals surface area contributed by atoms with Crippen molar-refractivity contribution < 1.29 is 26.3 Å². The molecule has 0 saturated heterocycles. The Morgan fingerprint density at radius 1 is 1.37 bits per heavy atom. The van der Waals surface area contributed by atoms with Crippen molar-refractivity contribution in [3.05, 3.63) is 22.7 Å². The summed E-state index contributed by atoms with van der Waals surface area (Å²) in [4.78, 5) is 0. The number of hydrogen-bond donors (Lipinski definition) is 2. The van der Waals surface area contributed by atoms with E-state index in [1.807, 2.05) is 0 Å². The summed E-state index contributed by atoms with van der Waals surface area (Å²) in [6.45, 7) is -0.0637. The number of hydrogen-bond acceptors (Lipinski definition) is 4. The molecule has 0 fully saturated rings. The number of alkyl halides is 3. The van der Waals surface area contributed by atoms with Crippen LogP contribution in [0, 0.1) is 0 Å². The highest BCUT2D eigenvalue weighted by atomic mass is 79.9. The van der Waals surface area contributed by atoms with Crippen molar-refractivity contribution in [2.24, 2.45) is 5.73 Å². The number of nitrogens with one attached hydrogen (secondary N) is 1. The molecule has 0 heterocycles. The zero-order chi connectivity index (χ0) is 14.7. The third-order valence-electron chi connectivity index (χ3n) is 1.82. The molecule has 5 nitrogen and oxygen atoms in total. The maximum Gasteiger partial charge on any atom is 0.573 e. The van der Waals surface area contributed by atoms with Gasteiger partial charge in [-0.3, -0.25) is 4.72 Å². The second-order valence-electron chi connectivity index (χ2n) is 3.40. The standard InChI is InChI=1S/C9H10BrF3N2O3S/c10-7-5-6(15-19(16,17)4-3-14)1-2-8(7)18-9(11,12)13/h1-2,5,15H,3-4,14H2. The van der Waals surface area contributed by atoms with E-state index in [9.17, 15) is 21.6 Å². The van der Waals surface area contributed by atoms with Crippen LogP contribution in [0.4, 0.5) is 18.9 Å². The minimum Gasteiger partial charge on any atom is -0.405 e. The predicted octanol–water partition coefficient (Wildman–Crippen LogP) is 2.05. The van der Waals surface area contributed by atoms with Crippen LogP contribution in [0.15, 0.2) is 22.7 Å². The third kappa shape index (κ3) is 5.66. The molecule has 10 heteroatoms. The first-order valence-corrected chi connectivity index (χ1v) is 7.33. The average molecular weight is 363 g/mol. The van der Waals surface area contributed by atoms with Gasteiger partial charge in [0.2, 0.25) is 10.0 Å². The maximum atomic E-state index is 12.0. The van der Waals surface area contributed by atoms with Gasteiger partial charge in [0, 0.05) is 12.2 Å². The Hall–Kier alpha value is -1.00. The molecule has 0 amide bonds. The topological polar surface area (TPSA) is 81.4 Å². The van der Waals surface area contributed by atoms with Crippen molar-refractivity contribution in [3.8, 4) is 5.75 Å². The molecule has 0 aliphatic rings. The number of halogens is 4. The molecule has 0 aliphatic carbocycles. The SMILES string of the molecule is NCCS(=O)(=O)Nc1ccc(OC(F)(F)F)c(Br)c1. The summed E-state index contributed by atoms with van der Waals surface area (Å²) in [5.74, 6) is -0.750. The highest BCUT2D eigenvalue weighted by Crippen LogP contribution is 2.32. The smallest absolute Gasteiger partial charge is 0.405 e. The van der Waals surface area contributed by atoms with Crippen LogP contribution in [0.3, 0.4) is 0 Å². The van der Waals surface area contributed by atoms with Gasteiger partial charge < -0.3 is 10.5 Å². The van der Waals surface area contributed by atoms with E-state index in [1.165, 1.54) is 0 Å². The molecule has 0 bridgehead atoms. The first kappa shape index (κ1) is 16.1. The normalized spacial score (nSPS) is 12.3. The van der Waals surface area contributed by atoms with Gasteiger partial charge in [0.25, 0.3) is 0 Å². The van der Waals surface area contributed by atoms with Gasteiger partial charge >= 0.3 is 6.36 Å². The van der Waals surface area contributed by atoms with Crippen molar-refractivity contribution in [3.63, 3.8) is 0 Å². The molecular formula is C9H10BrF3N2O3S. The van der Waals surface area contributed by atoms with Crippen molar-refractivity contribution in [2.45, 2.75) is 6.36 Å². The van der Waals surface area contributed by atoms with Crippen LogP contribution in [0.1, 0.15) is 0 Å². The number of sulfonamides is 1. The number of anilines is 1. The quantitative estimate of drug-likeness (QED) is 0.839. The Labute approximate surface area is 116 Å². The van der Waals surface area contributed by atoms with E-state index in [0.29, 0.717) is 0 Å². The van der Waals surface area contributed by atoms with E-state index in [1.54, 1.807) is 0 Å². The zero-order valence-corrected chi connectivity index (χ0v) is 11.8. The van der Waals surface area contributed by atoms with Crippen LogP contribution >= 0.6 is 15.9 Å². The molecule has 0 atom stereocenters. The molecule has 0 aliphatic heterocycles. The van der Waals surface area contributed by atoms with Crippen molar-refractivity contribution in [1.29, 1.82) is 0 Å². The van der Waals surface area contributed by atoms with E-state index in [4.69, 9.17) is 5.73 Å². The third-order valence-corrected chi connectivity index (χ3v) is 3.76. The first-order chi connectivity index (χ1) is 8.63. The van der Waals surface area contributed by atoms with Crippen LogP contribution in [0.2, 0.25) is 0 Å². The van der Waals surface area contributed by atoms with Gasteiger partial charge in [0.1, 0.15) is 5.75 Å². The Morgan fingerprint density at radius 3 is 2.47 bits per heavy atom. The molecule has 0 unspecified atom stereocenters. The van der Waals surface area contributed by atoms with Crippen LogP contribution in [-0.4, -0.2) is 27.1 Å². The van der Waals surface area contributed by atoms with Crippen LogP contribution in [-0.2, 0) is 10.0 Å². The lowest BCUT2D eigenvalue weighted by molar-refractivity contribution is -0.274. The summed E-state index contributed by atoms with van der Waals surface area (Å²) in [7, 11) is -3.61. The van der Waals surface area contributed by atoms with Crippen LogP contribution < -0.4 is 15.2 Å². The molecule has 0 aromatic heterocycles. The van der Waals surface area contributed by atoms with E-state index < -0.39 is 22.1 Å². The molecule has 3 N–H and O–H groups in total. The minimum atomic E-state index is -4.82. The first-order valence-electron chi connectivity index (χ1n) is 4.89. The number of nitrogens with two attached hydrogens (primary N) is 1. The van der Waals surface area contributed by atoms with Gasteiger partial charge in [-0.2, -0.15) is 0 Å². The fraction of sp³-hybridized carbons (Fsp3) is 0.333. The van der Waals surface area contributed by atoms with Crippen molar-refractivity contribution >= 4 is 31.6 Å². The predicted molar refractivity (Wildman–Crippen MR) is 67.3 cm³/mol. The fourth-order valence-electron chi connectivity index (χ4n) is 1.16. The molecule has 19 heavy (non-hydrogen) atoms. The maximum absolute atomic E-state index is 12.0. The molecule has 108 valence electrons. The summed E-state index contributed by atoms with van der Waals surface area (Å²) < 4.78 is 64.8. The van der Waals surface area contributed by atoms with Crippen LogP contribution in [0.5, 0.6) is 5.75 Å². The van der Waals surface area contributed by atoms with Gasteiger partial charge in [0.15, 0.2) is 0 Å². The van der Waals surface area contributed by atoms with E-state index in [0.717, 1.165) is 18.2 Å². The van der Waals surface area contributed by atoms with Gasteiger partial charge in [-0.25, -0.2) is 8.42 Å². The largest absolute Gasteiger partial charge is 0.573 e. The lowest BCUT2D eigenvalue weighted by Crippen LogP contribution is -2.22. The fourth-order valence-corrected chi connectivity index (χ4v) is 2.52. The van der Waals surface area contributed by atoms with Gasteiger partial charge in [-0.1, -0.05) is 0 Å². The molecule has 1 aromatic rings. The molecule has 1 rings (SSSR count). The van der Waals surface area contributed by atoms with Crippen molar-refractivity contribution in [1.82, 2.24) is 0 Å². The summed E-state index contributed by atoms with van der Waals surface area (Å²) >= 11 is 2.86. The van der Waals surface area contributed by atoms with E-state index >= 15 is 0 Å². The Bertz CT molecular complexity index is 548. The number of ether oxygens (including phenoxy) is 1. The second-order valence-corrected chi connectivity index (χ2v) is 6.10. The molecular weight excluding hydrogens is 353 g/mol.